The van der Waals surface area contributed by atoms with Crippen molar-refractivity contribution < 1.29 is 9.53 Å². The van der Waals surface area contributed by atoms with Crippen molar-refractivity contribution in [2.45, 2.75) is 12.8 Å². The average Bonchev–Trinajstić information content (AvgIpc) is 2.47. The Bertz CT molecular complexity index is 636. The van der Waals surface area contributed by atoms with Crippen LogP contribution in [0.5, 0.6) is 5.75 Å². The lowest BCUT2D eigenvalue weighted by Gasteiger charge is -2.24. The van der Waals surface area contributed by atoms with Gasteiger partial charge in [-0.1, -0.05) is 41.9 Å². The summed E-state index contributed by atoms with van der Waals surface area (Å²) < 4.78 is 5.67. The van der Waals surface area contributed by atoms with Gasteiger partial charge in [-0.15, -0.1) is 0 Å². The van der Waals surface area contributed by atoms with Crippen LogP contribution in [0.4, 0.5) is 0 Å². The first kappa shape index (κ1) is 13.2. The second-order valence-corrected chi connectivity index (χ2v) is 5.53. The zero-order valence-corrected chi connectivity index (χ0v) is 11.8. The van der Waals surface area contributed by atoms with Crippen molar-refractivity contribution >= 4 is 17.4 Å². The van der Waals surface area contributed by atoms with Gasteiger partial charge in [0.05, 0.1) is 12.5 Å². The molecule has 0 amide bonds. The molecule has 0 fully saturated rings. The Balaban J connectivity index is 1.70. The van der Waals surface area contributed by atoms with E-state index in [0.29, 0.717) is 18.1 Å². The normalized spacial score (nSPS) is 17.1. The minimum absolute atomic E-state index is 0.0659. The minimum Gasteiger partial charge on any atom is -0.493 e. The third-order valence-electron chi connectivity index (χ3n) is 3.60. The molecule has 1 aliphatic rings. The topological polar surface area (TPSA) is 26.3 Å². The van der Waals surface area contributed by atoms with Gasteiger partial charge in [0.15, 0.2) is 0 Å². The van der Waals surface area contributed by atoms with Crippen LogP contribution < -0.4 is 4.74 Å². The molecule has 2 aromatic carbocycles. The first-order valence-electron chi connectivity index (χ1n) is 6.70. The van der Waals surface area contributed by atoms with Crippen molar-refractivity contribution in [3.8, 4) is 5.75 Å². The van der Waals surface area contributed by atoms with Crippen LogP contribution in [0.15, 0.2) is 48.5 Å². The molecule has 0 saturated carbocycles. The molecule has 2 nitrogen and oxygen atoms in total. The molecule has 20 heavy (non-hydrogen) atoms. The molecule has 2 aromatic rings. The number of carbonyl (C=O) groups is 1. The van der Waals surface area contributed by atoms with E-state index in [-0.39, 0.29) is 11.7 Å². The van der Waals surface area contributed by atoms with Crippen molar-refractivity contribution in [1.82, 2.24) is 0 Å². The number of Topliss-reactive ketones (excluding diaryl/α,β-unsaturated/α-hetero) is 1. The van der Waals surface area contributed by atoms with Crippen LogP contribution in [0.3, 0.4) is 0 Å². The van der Waals surface area contributed by atoms with Crippen LogP contribution in [-0.2, 0) is 17.6 Å². The molecule has 1 unspecified atom stereocenters. The van der Waals surface area contributed by atoms with E-state index in [4.69, 9.17) is 16.3 Å². The minimum atomic E-state index is -0.0659. The van der Waals surface area contributed by atoms with Crippen LogP contribution in [0.2, 0.25) is 5.02 Å². The Kier molecular flexibility index (Phi) is 3.75. The van der Waals surface area contributed by atoms with Gasteiger partial charge in [0, 0.05) is 11.4 Å². The number of hydrogen-bond donors (Lipinski definition) is 0. The van der Waals surface area contributed by atoms with Crippen molar-refractivity contribution in [2.24, 2.45) is 5.92 Å². The average molecular weight is 287 g/mol. The predicted octanol–water partition coefficient (Wildman–Crippen LogP) is 3.70. The van der Waals surface area contributed by atoms with Gasteiger partial charge in [0.25, 0.3) is 0 Å². The highest BCUT2D eigenvalue weighted by molar-refractivity contribution is 6.30. The maximum absolute atomic E-state index is 12.4. The Morgan fingerprint density at radius 3 is 2.90 bits per heavy atom. The van der Waals surface area contributed by atoms with E-state index in [0.717, 1.165) is 23.3 Å². The summed E-state index contributed by atoms with van der Waals surface area (Å²) in [4.78, 5) is 12.4. The lowest BCUT2D eigenvalue weighted by molar-refractivity contribution is -0.123. The number of halogens is 1. The molecular formula is C17H15ClO2. The third-order valence-corrected chi connectivity index (χ3v) is 3.84. The molecule has 0 spiro atoms. The van der Waals surface area contributed by atoms with Crippen LogP contribution in [0.25, 0.3) is 0 Å². The summed E-state index contributed by atoms with van der Waals surface area (Å²) in [6.45, 7) is 0.469. The van der Waals surface area contributed by atoms with Gasteiger partial charge in [-0.3, -0.25) is 4.79 Å². The lowest BCUT2D eigenvalue weighted by Crippen LogP contribution is -2.29. The van der Waals surface area contributed by atoms with E-state index in [9.17, 15) is 4.79 Å². The van der Waals surface area contributed by atoms with Crippen molar-refractivity contribution in [3.63, 3.8) is 0 Å². The summed E-state index contributed by atoms with van der Waals surface area (Å²) in [5, 5.41) is 0.667. The maximum Gasteiger partial charge on any atom is 0.144 e. The first-order valence-corrected chi connectivity index (χ1v) is 7.08. The quantitative estimate of drug-likeness (QED) is 0.860. The summed E-state index contributed by atoms with van der Waals surface area (Å²) in [5.74, 6) is 1.05. The molecule has 0 radical (unpaired) electrons. The van der Waals surface area contributed by atoms with Crippen molar-refractivity contribution in [1.29, 1.82) is 0 Å². The Labute approximate surface area is 123 Å². The van der Waals surface area contributed by atoms with Crippen LogP contribution >= 0.6 is 11.6 Å². The molecule has 3 heteroatoms. The molecule has 0 saturated heterocycles. The van der Waals surface area contributed by atoms with E-state index in [1.54, 1.807) is 0 Å². The number of para-hydroxylation sites is 1. The van der Waals surface area contributed by atoms with Gasteiger partial charge in [0.1, 0.15) is 11.5 Å². The van der Waals surface area contributed by atoms with E-state index >= 15 is 0 Å². The molecular weight excluding hydrogens is 272 g/mol. The van der Waals surface area contributed by atoms with E-state index in [1.807, 2.05) is 48.5 Å². The van der Waals surface area contributed by atoms with E-state index < -0.39 is 0 Å². The van der Waals surface area contributed by atoms with Gasteiger partial charge in [-0.05, 0) is 35.7 Å². The summed E-state index contributed by atoms with van der Waals surface area (Å²) in [7, 11) is 0. The van der Waals surface area contributed by atoms with Gasteiger partial charge in [-0.2, -0.15) is 0 Å². The fourth-order valence-corrected chi connectivity index (χ4v) is 2.74. The second-order valence-electron chi connectivity index (χ2n) is 5.09. The summed E-state index contributed by atoms with van der Waals surface area (Å²) >= 11 is 5.95. The summed E-state index contributed by atoms with van der Waals surface area (Å²) in [5.41, 5.74) is 2.07. The van der Waals surface area contributed by atoms with Gasteiger partial charge >= 0.3 is 0 Å². The largest absolute Gasteiger partial charge is 0.493 e. The smallest absolute Gasteiger partial charge is 0.144 e. The van der Waals surface area contributed by atoms with Crippen molar-refractivity contribution in [2.75, 3.05) is 6.61 Å². The number of hydrogen-bond acceptors (Lipinski definition) is 2. The third kappa shape index (κ3) is 2.86. The number of ether oxygens (including phenoxy) is 1. The summed E-state index contributed by atoms with van der Waals surface area (Å²) in [6.07, 6.45) is 1.17. The van der Waals surface area contributed by atoms with Crippen LogP contribution in [-0.4, -0.2) is 12.4 Å². The zero-order valence-electron chi connectivity index (χ0n) is 11.0. The number of ketones is 1. The highest BCUT2D eigenvalue weighted by Gasteiger charge is 2.25. The molecule has 1 atom stereocenters. The Hall–Kier alpha value is -1.80. The van der Waals surface area contributed by atoms with Gasteiger partial charge < -0.3 is 4.74 Å². The van der Waals surface area contributed by atoms with Crippen LogP contribution in [0, 0.1) is 5.92 Å². The van der Waals surface area contributed by atoms with Crippen LogP contribution in [0.1, 0.15) is 11.1 Å². The molecule has 0 bridgehead atoms. The Morgan fingerprint density at radius 1 is 1.20 bits per heavy atom. The SMILES string of the molecule is O=C(Cc1cccc(Cl)c1)C1COc2ccccc2C1. The molecule has 3 rings (SSSR count). The molecule has 1 aliphatic heterocycles. The molecule has 0 aliphatic carbocycles. The monoisotopic (exact) mass is 286 g/mol. The highest BCUT2D eigenvalue weighted by Crippen LogP contribution is 2.27. The van der Waals surface area contributed by atoms with E-state index in [1.165, 1.54) is 0 Å². The lowest BCUT2D eigenvalue weighted by atomic mass is 9.90. The number of carbonyl (C=O) groups excluding carboxylic acids is 1. The number of rotatable bonds is 3. The molecule has 0 aromatic heterocycles. The maximum atomic E-state index is 12.4. The molecule has 1 heterocycles. The highest BCUT2D eigenvalue weighted by atomic mass is 35.5. The van der Waals surface area contributed by atoms with Gasteiger partial charge in [-0.25, -0.2) is 0 Å². The fraction of sp³-hybridized carbons (Fsp3) is 0.235. The van der Waals surface area contributed by atoms with E-state index in [2.05, 4.69) is 0 Å². The number of fused-ring (bicyclic) bond motifs is 1. The predicted molar refractivity (Wildman–Crippen MR) is 79.3 cm³/mol. The molecule has 102 valence electrons. The van der Waals surface area contributed by atoms with Crippen molar-refractivity contribution in [3.05, 3.63) is 64.7 Å². The fourth-order valence-electron chi connectivity index (χ4n) is 2.53. The standard InChI is InChI=1S/C17H15ClO2/c18-15-6-3-4-12(8-15)9-16(19)14-10-13-5-1-2-7-17(13)20-11-14/h1-8,14H,9-11H2. The Morgan fingerprint density at radius 2 is 2.05 bits per heavy atom. The zero-order chi connectivity index (χ0) is 13.9. The number of benzene rings is 2. The molecule has 0 N–H and O–H groups in total. The first-order chi connectivity index (χ1) is 9.72. The van der Waals surface area contributed by atoms with Gasteiger partial charge in [0.2, 0.25) is 0 Å². The summed E-state index contributed by atoms with van der Waals surface area (Å²) in [6, 6.07) is 15.4. The second kappa shape index (κ2) is 5.68.